The van der Waals surface area contributed by atoms with Gasteiger partial charge in [-0.1, -0.05) is 11.6 Å². The third-order valence-electron chi connectivity index (χ3n) is 1.96. The van der Waals surface area contributed by atoms with Crippen LogP contribution < -0.4 is 11.1 Å². The van der Waals surface area contributed by atoms with E-state index in [0.29, 0.717) is 11.4 Å². The molecule has 0 radical (unpaired) electrons. The number of H-pyrrole nitrogens is 1. The molecule has 2 aromatic rings. The lowest BCUT2D eigenvalue weighted by Crippen LogP contribution is -2.23. The van der Waals surface area contributed by atoms with Gasteiger partial charge in [-0.15, -0.1) is 0 Å². The van der Waals surface area contributed by atoms with E-state index >= 15 is 0 Å². The molecule has 4 N–H and O–H groups in total. The van der Waals surface area contributed by atoms with Crippen molar-refractivity contribution in [3.05, 3.63) is 35.0 Å². The number of hydrogen-bond acceptors (Lipinski definition) is 5. The molecule has 0 fully saturated rings. The van der Waals surface area contributed by atoms with Crippen molar-refractivity contribution < 1.29 is 4.79 Å². The molecule has 0 spiro atoms. The van der Waals surface area contributed by atoms with Crippen molar-refractivity contribution in [1.82, 2.24) is 25.5 Å². The maximum Gasteiger partial charge on any atom is 0.251 e. The molecule has 17 heavy (non-hydrogen) atoms. The Morgan fingerprint density at radius 1 is 1.53 bits per heavy atom. The second kappa shape index (κ2) is 4.79. The molecule has 2 rings (SSSR count). The lowest BCUT2D eigenvalue weighted by molar-refractivity contribution is 0.0950. The number of carbonyl (C=O) groups is 1. The highest BCUT2D eigenvalue weighted by Crippen LogP contribution is 2.11. The first-order chi connectivity index (χ1) is 8.15. The Labute approximate surface area is 101 Å². The quantitative estimate of drug-likeness (QED) is 0.684. The molecule has 0 saturated heterocycles. The number of nitrogens with two attached hydrogens (primary N) is 1. The SMILES string of the molecule is Nc1cc(C(=O)NCc2ncn[nH]2)cc(Cl)n1. The second-order valence-electron chi connectivity index (χ2n) is 3.22. The molecule has 0 aromatic carbocycles. The number of rotatable bonds is 3. The summed E-state index contributed by atoms with van der Waals surface area (Å²) in [4.78, 5) is 19.4. The van der Waals surface area contributed by atoms with E-state index in [9.17, 15) is 4.79 Å². The fourth-order valence-electron chi connectivity index (χ4n) is 1.23. The van der Waals surface area contributed by atoms with Crippen LogP contribution in [0.5, 0.6) is 0 Å². The normalized spacial score (nSPS) is 10.2. The van der Waals surface area contributed by atoms with E-state index in [1.165, 1.54) is 18.5 Å². The van der Waals surface area contributed by atoms with Gasteiger partial charge in [-0.25, -0.2) is 9.97 Å². The maximum atomic E-state index is 11.7. The number of nitrogens with zero attached hydrogens (tertiary/aromatic N) is 3. The van der Waals surface area contributed by atoms with Crippen LogP contribution >= 0.6 is 11.6 Å². The molecule has 7 nitrogen and oxygen atoms in total. The van der Waals surface area contributed by atoms with Crippen LogP contribution in [0.15, 0.2) is 18.5 Å². The highest BCUT2D eigenvalue weighted by atomic mass is 35.5. The van der Waals surface area contributed by atoms with Crippen molar-refractivity contribution in [2.45, 2.75) is 6.54 Å². The van der Waals surface area contributed by atoms with Gasteiger partial charge >= 0.3 is 0 Å². The number of nitrogen functional groups attached to an aromatic ring is 1. The van der Waals surface area contributed by atoms with Gasteiger partial charge in [0.05, 0.1) is 6.54 Å². The first-order valence-electron chi connectivity index (χ1n) is 4.70. The standard InChI is InChI=1S/C9H9ClN6O/c10-6-1-5(2-7(11)15-6)9(17)12-3-8-13-4-14-16-8/h1-2,4H,3H2,(H2,11,15)(H,12,17)(H,13,14,16). The van der Waals surface area contributed by atoms with Crippen LogP contribution in [-0.2, 0) is 6.54 Å². The lowest BCUT2D eigenvalue weighted by atomic mass is 10.2. The fraction of sp³-hybridized carbons (Fsp3) is 0.111. The van der Waals surface area contributed by atoms with Gasteiger partial charge in [0.1, 0.15) is 23.1 Å². The van der Waals surface area contributed by atoms with Crippen molar-refractivity contribution in [3.63, 3.8) is 0 Å². The number of nitrogens with one attached hydrogen (secondary N) is 2. The van der Waals surface area contributed by atoms with Crippen LogP contribution in [0.1, 0.15) is 16.2 Å². The molecule has 0 saturated carbocycles. The zero-order chi connectivity index (χ0) is 12.3. The van der Waals surface area contributed by atoms with Gasteiger partial charge in [-0.3, -0.25) is 9.89 Å². The minimum atomic E-state index is -0.308. The van der Waals surface area contributed by atoms with Crippen molar-refractivity contribution in [3.8, 4) is 0 Å². The lowest BCUT2D eigenvalue weighted by Gasteiger charge is -2.04. The van der Waals surface area contributed by atoms with Crippen LogP contribution in [0.4, 0.5) is 5.82 Å². The molecule has 1 amide bonds. The highest BCUT2D eigenvalue weighted by molar-refractivity contribution is 6.29. The first kappa shape index (κ1) is 11.3. The predicted molar refractivity (Wildman–Crippen MR) is 61.2 cm³/mol. The van der Waals surface area contributed by atoms with E-state index < -0.39 is 0 Å². The summed E-state index contributed by atoms with van der Waals surface area (Å²) >= 11 is 5.69. The molecular formula is C9H9ClN6O. The Hall–Kier alpha value is -2.15. The van der Waals surface area contributed by atoms with Gasteiger partial charge in [-0.05, 0) is 12.1 Å². The number of anilines is 1. The average Bonchev–Trinajstić information content (AvgIpc) is 2.77. The molecule has 2 aromatic heterocycles. The van der Waals surface area contributed by atoms with E-state index in [4.69, 9.17) is 17.3 Å². The summed E-state index contributed by atoms with van der Waals surface area (Å²) in [6, 6.07) is 2.88. The minimum Gasteiger partial charge on any atom is -0.384 e. The van der Waals surface area contributed by atoms with Gasteiger partial charge in [0.25, 0.3) is 5.91 Å². The molecule has 0 unspecified atom stereocenters. The molecule has 0 aliphatic carbocycles. The Morgan fingerprint density at radius 3 is 3.00 bits per heavy atom. The molecular weight excluding hydrogens is 244 g/mol. The summed E-state index contributed by atoms with van der Waals surface area (Å²) in [5.74, 6) is 0.450. The van der Waals surface area contributed by atoms with E-state index in [1.807, 2.05) is 0 Å². The largest absolute Gasteiger partial charge is 0.384 e. The number of hydrogen-bond donors (Lipinski definition) is 3. The summed E-state index contributed by atoms with van der Waals surface area (Å²) < 4.78 is 0. The summed E-state index contributed by atoms with van der Waals surface area (Å²) in [6.45, 7) is 0.249. The van der Waals surface area contributed by atoms with Gasteiger partial charge in [-0.2, -0.15) is 5.10 Å². The fourth-order valence-corrected chi connectivity index (χ4v) is 1.45. The zero-order valence-corrected chi connectivity index (χ0v) is 9.40. The second-order valence-corrected chi connectivity index (χ2v) is 3.61. The number of aromatic nitrogens is 4. The predicted octanol–water partition coefficient (Wildman–Crippen LogP) is 0.365. The summed E-state index contributed by atoms with van der Waals surface area (Å²) in [5, 5.41) is 9.11. The molecule has 8 heteroatoms. The maximum absolute atomic E-state index is 11.7. The smallest absolute Gasteiger partial charge is 0.251 e. The number of pyridine rings is 1. The van der Waals surface area contributed by atoms with Gasteiger partial charge in [0, 0.05) is 5.56 Å². The number of amides is 1. The number of aromatic amines is 1. The van der Waals surface area contributed by atoms with E-state index in [-0.39, 0.29) is 23.4 Å². The minimum absolute atomic E-state index is 0.176. The summed E-state index contributed by atoms with van der Waals surface area (Å²) in [6.07, 6.45) is 1.36. The van der Waals surface area contributed by atoms with Crippen molar-refractivity contribution >= 4 is 23.3 Å². The van der Waals surface area contributed by atoms with E-state index in [1.54, 1.807) is 0 Å². The molecule has 0 aliphatic rings. The number of carbonyl (C=O) groups excluding carboxylic acids is 1. The molecule has 0 aliphatic heterocycles. The Bertz CT molecular complexity index is 506. The van der Waals surface area contributed by atoms with Crippen molar-refractivity contribution in [2.75, 3.05) is 5.73 Å². The van der Waals surface area contributed by atoms with Gasteiger partial charge in [0.15, 0.2) is 0 Å². The van der Waals surface area contributed by atoms with Crippen molar-refractivity contribution in [2.24, 2.45) is 0 Å². The van der Waals surface area contributed by atoms with E-state index in [0.717, 1.165) is 0 Å². The topological polar surface area (TPSA) is 110 Å². The average molecular weight is 253 g/mol. The Kier molecular flexibility index (Phi) is 3.20. The molecule has 2 heterocycles. The molecule has 0 atom stereocenters. The Balaban J connectivity index is 2.04. The van der Waals surface area contributed by atoms with E-state index in [2.05, 4.69) is 25.5 Å². The Morgan fingerprint density at radius 2 is 2.35 bits per heavy atom. The van der Waals surface area contributed by atoms with Crippen LogP contribution in [-0.4, -0.2) is 26.1 Å². The first-order valence-corrected chi connectivity index (χ1v) is 5.08. The number of halogens is 1. The van der Waals surface area contributed by atoms with Crippen LogP contribution in [0.25, 0.3) is 0 Å². The van der Waals surface area contributed by atoms with Crippen LogP contribution in [0.3, 0.4) is 0 Å². The van der Waals surface area contributed by atoms with Crippen LogP contribution in [0.2, 0.25) is 5.15 Å². The summed E-state index contributed by atoms with van der Waals surface area (Å²) in [5.41, 5.74) is 5.83. The highest BCUT2D eigenvalue weighted by Gasteiger charge is 2.08. The molecule has 88 valence electrons. The van der Waals surface area contributed by atoms with Gasteiger partial charge in [0.2, 0.25) is 0 Å². The molecule has 0 bridgehead atoms. The van der Waals surface area contributed by atoms with Crippen molar-refractivity contribution in [1.29, 1.82) is 0 Å². The zero-order valence-electron chi connectivity index (χ0n) is 8.64. The third-order valence-corrected chi connectivity index (χ3v) is 2.15. The van der Waals surface area contributed by atoms with Crippen LogP contribution in [0, 0.1) is 0 Å². The third kappa shape index (κ3) is 2.91. The monoisotopic (exact) mass is 252 g/mol. The summed E-state index contributed by atoms with van der Waals surface area (Å²) in [7, 11) is 0. The van der Waals surface area contributed by atoms with Gasteiger partial charge < -0.3 is 11.1 Å².